The topological polar surface area (TPSA) is 121 Å². The molecular weight excluding hydrogens is 320 g/mol. The number of nitriles is 1. The van der Waals surface area contributed by atoms with E-state index in [9.17, 15) is 19.6 Å². The number of nitrogens with zero attached hydrogens (tertiary/aromatic N) is 2. The zero-order valence-electron chi connectivity index (χ0n) is 12.0. The van der Waals surface area contributed by atoms with E-state index in [1.807, 2.05) is 0 Å². The minimum absolute atomic E-state index is 0.103. The Labute approximate surface area is 136 Å². The number of hydrogen-bond donors (Lipinski definition) is 2. The molecule has 118 valence electrons. The van der Waals surface area contributed by atoms with Crippen LogP contribution < -0.4 is 10.6 Å². The minimum atomic E-state index is -1.89. The van der Waals surface area contributed by atoms with Gasteiger partial charge in [-0.3, -0.25) is 14.6 Å². The fourth-order valence-electron chi connectivity index (χ4n) is 2.32. The van der Waals surface area contributed by atoms with Crippen LogP contribution in [0.3, 0.4) is 0 Å². The first-order chi connectivity index (χ1) is 10.9. The number of pyridine rings is 1. The van der Waals surface area contributed by atoms with E-state index < -0.39 is 35.5 Å². The third kappa shape index (κ3) is 3.02. The summed E-state index contributed by atoms with van der Waals surface area (Å²) < 4.78 is 4.69. The van der Waals surface area contributed by atoms with Gasteiger partial charge in [0, 0.05) is 12.6 Å². The monoisotopic (exact) mass is 332 g/mol. The molecule has 0 spiro atoms. The highest BCUT2D eigenvalue weighted by Gasteiger charge is 2.55. The molecule has 0 aliphatic carbocycles. The zero-order valence-corrected chi connectivity index (χ0v) is 12.8. The molecule has 1 aliphatic heterocycles. The summed E-state index contributed by atoms with van der Waals surface area (Å²) >= 11 is 4.88. The van der Waals surface area contributed by atoms with Crippen molar-refractivity contribution in [2.24, 2.45) is 5.92 Å². The molecule has 0 bridgehead atoms. The lowest BCUT2D eigenvalue weighted by molar-refractivity contribution is -0.152. The van der Waals surface area contributed by atoms with E-state index in [4.69, 9.17) is 17.0 Å². The van der Waals surface area contributed by atoms with Crippen molar-refractivity contribution in [2.45, 2.75) is 12.0 Å². The number of carbonyl (C=O) groups is 3. The molecule has 1 amide bonds. The molecule has 1 aromatic rings. The molecule has 9 heteroatoms. The number of aromatic nitrogens is 1. The quantitative estimate of drug-likeness (QED) is 0.438. The number of nitrogens with one attached hydrogen (secondary N) is 2. The van der Waals surface area contributed by atoms with Crippen molar-refractivity contribution < 1.29 is 19.1 Å². The SMILES string of the molecule is COC(=O)[C@]1(CC(=O)c2ccccn2)NC(=S)NC(=O)[C@@H]1C#N. The van der Waals surface area contributed by atoms with Gasteiger partial charge in [0.1, 0.15) is 5.69 Å². The maximum Gasteiger partial charge on any atom is 0.334 e. The van der Waals surface area contributed by atoms with Gasteiger partial charge in [-0.1, -0.05) is 6.07 Å². The molecule has 0 saturated carbocycles. The highest BCUT2D eigenvalue weighted by Crippen LogP contribution is 2.28. The second-order valence-electron chi connectivity index (χ2n) is 4.78. The van der Waals surface area contributed by atoms with Crippen LogP contribution in [0.1, 0.15) is 16.9 Å². The van der Waals surface area contributed by atoms with Gasteiger partial charge in [-0.05, 0) is 24.4 Å². The van der Waals surface area contributed by atoms with Crippen molar-refractivity contribution in [3.05, 3.63) is 30.1 Å². The molecule has 2 rings (SSSR count). The lowest BCUT2D eigenvalue weighted by atomic mass is 9.78. The Hall–Kier alpha value is -2.86. The fraction of sp³-hybridized carbons (Fsp3) is 0.286. The number of amides is 1. The van der Waals surface area contributed by atoms with Gasteiger partial charge in [0.05, 0.1) is 13.2 Å². The predicted molar refractivity (Wildman–Crippen MR) is 80.9 cm³/mol. The summed E-state index contributed by atoms with van der Waals surface area (Å²) in [6.07, 6.45) is 0.925. The summed E-state index contributed by atoms with van der Waals surface area (Å²) in [7, 11) is 1.10. The van der Waals surface area contributed by atoms with Gasteiger partial charge in [0.15, 0.2) is 22.4 Å². The minimum Gasteiger partial charge on any atom is -0.467 e. The summed E-state index contributed by atoms with van der Waals surface area (Å²) in [6.45, 7) is 0. The van der Waals surface area contributed by atoms with Crippen molar-refractivity contribution in [3.63, 3.8) is 0 Å². The van der Waals surface area contributed by atoms with Crippen LogP contribution >= 0.6 is 12.2 Å². The first-order valence-corrected chi connectivity index (χ1v) is 6.90. The van der Waals surface area contributed by atoms with Gasteiger partial charge in [0.25, 0.3) is 0 Å². The number of ketones is 1. The van der Waals surface area contributed by atoms with Crippen molar-refractivity contribution >= 4 is 35.0 Å². The molecule has 1 aliphatic rings. The van der Waals surface area contributed by atoms with Gasteiger partial charge in [-0.25, -0.2) is 4.79 Å². The first kappa shape index (κ1) is 16.5. The Morgan fingerprint density at radius 1 is 1.52 bits per heavy atom. The standard InChI is InChI=1S/C14H12N4O4S/c1-22-12(21)14(6-10(19)9-4-2-3-5-16-9)8(7-15)11(20)17-13(23)18-14/h2-5,8H,6H2,1H3,(H2,17,18,20,23)/t8-,14+/m0/s1. The highest BCUT2D eigenvalue weighted by atomic mass is 32.1. The Bertz CT molecular complexity index is 715. The zero-order chi connectivity index (χ0) is 17.0. The van der Waals surface area contributed by atoms with Crippen molar-refractivity contribution in [1.29, 1.82) is 5.26 Å². The van der Waals surface area contributed by atoms with E-state index in [1.54, 1.807) is 18.2 Å². The smallest absolute Gasteiger partial charge is 0.334 e. The van der Waals surface area contributed by atoms with E-state index in [2.05, 4.69) is 15.6 Å². The molecule has 0 unspecified atom stereocenters. The molecule has 1 fully saturated rings. The summed E-state index contributed by atoms with van der Waals surface area (Å²) in [4.78, 5) is 40.6. The average molecular weight is 332 g/mol. The van der Waals surface area contributed by atoms with Crippen LogP contribution in [0.5, 0.6) is 0 Å². The molecule has 2 N–H and O–H groups in total. The van der Waals surface area contributed by atoms with Crippen LogP contribution in [0.25, 0.3) is 0 Å². The van der Waals surface area contributed by atoms with Gasteiger partial charge in [-0.15, -0.1) is 0 Å². The van der Waals surface area contributed by atoms with Gasteiger partial charge in [-0.2, -0.15) is 5.26 Å². The predicted octanol–water partition coefficient (Wildman–Crippen LogP) is -0.290. The number of hydrogen-bond acceptors (Lipinski definition) is 7. The first-order valence-electron chi connectivity index (χ1n) is 6.50. The Morgan fingerprint density at radius 3 is 2.83 bits per heavy atom. The number of esters is 1. The van der Waals surface area contributed by atoms with Gasteiger partial charge < -0.3 is 15.4 Å². The maximum absolute atomic E-state index is 12.4. The lowest BCUT2D eigenvalue weighted by Crippen LogP contribution is -2.70. The van der Waals surface area contributed by atoms with Crippen LogP contribution in [-0.4, -0.2) is 40.4 Å². The fourth-order valence-corrected chi connectivity index (χ4v) is 2.61. The molecule has 2 atom stereocenters. The molecule has 0 radical (unpaired) electrons. The van der Waals surface area contributed by atoms with Crippen LogP contribution in [-0.2, 0) is 14.3 Å². The largest absolute Gasteiger partial charge is 0.467 e. The number of carbonyl (C=O) groups excluding carboxylic acids is 3. The number of ether oxygens (including phenoxy) is 1. The van der Waals surface area contributed by atoms with Crippen LogP contribution in [0.2, 0.25) is 0 Å². The Kier molecular flexibility index (Phi) is 4.66. The second kappa shape index (κ2) is 6.50. The van der Waals surface area contributed by atoms with E-state index in [-0.39, 0.29) is 10.8 Å². The third-order valence-electron chi connectivity index (χ3n) is 3.40. The summed E-state index contributed by atoms with van der Waals surface area (Å²) in [5.74, 6) is -3.70. The number of thiocarbonyl (C=S) groups is 1. The van der Waals surface area contributed by atoms with E-state index >= 15 is 0 Å². The Morgan fingerprint density at radius 2 is 2.26 bits per heavy atom. The molecular formula is C14H12N4O4S. The number of rotatable bonds is 4. The molecule has 8 nitrogen and oxygen atoms in total. The molecule has 1 aromatic heterocycles. The van der Waals surface area contributed by atoms with E-state index in [0.717, 1.165) is 7.11 Å². The highest BCUT2D eigenvalue weighted by molar-refractivity contribution is 7.80. The second-order valence-corrected chi connectivity index (χ2v) is 5.19. The van der Waals surface area contributed by atoms with Crippen LogP contribution in [0.4, 0.5) is 0 Å². The lowest BCUT2D eigenvalue weighted by Gasteiger charge is -2.38. The van der Waals surface area contributed by atoms with Gasteiger partial charge >= 0.3 is 5.97 Å². The summed E-state index contributed by atoms with van der Waals surface area (Å²) in [5, 5.41) is 13.9. The molecule has 2 heterocycles. The van der Waals surface area contributed by atoms with E-state index in [0.29, 0.717) is 0 Å². The number of methoxy groups -OCH3 is 1. The normalized spacial score (nSPS) is 23.2. The third-order valence-corrected chi connectivity index (χ3v) is 3.60. The summed E-state index contributed by atoms with van der Waals surface area (Å²) in [6, 6.07) is 6.44. The molecule has 1 saturated heterocycles. The van der Waals surface area contributed by atoms with Crippen LogP contribution in [0.15, 0.2) is 24.4 Å². The maximum atomic E-state index is 12.4. The van der Waals surface area contributed by atoms with Gasteiger partial charge in [0.2, 0.25) is 5.91 Å². The summed E-state index contributed by atoms with van der Waals surface area (Å²) in [5.41, 5.74) is -1.79. The van der Waals surface area contributed by atoms with Crippen molar-refractivity contribution in [1.82, 2.24) is 15.6 Å². The van der Waals surface area contributed by atoms with E-state index in [1.165, 1.54) is 12.3 Å². The molecule has 23 heavy (non-hydrogen) atoms. The van der Waals surface area contributed by atoms with Crippen molar-refractivity contribution in [3.8, 4) is 6.07 Å². The van der Waals surface area contributed by atoms with Crippen molar-refractivity contribution in [2.75, 3.05) is 7.11 Å². The molecule has 0 aromatic carbocycles. The number of Topliss-reactive ketones (excluding diaryl/α,β-unsaturated/α-hetero) is 1. The van der Waals surface area contributed by atoms with Crippen LogP contribution in [0, 0.1) is 17.2 Å². The Balaban J connectivity index is 2.45. The average Bonchev–Trinajstić information content (AvgIpc) is 2.54.